The van der Waals surface area contributed by atoms with Crippen LogP contribution in [0, 0.1) is 5.92 Å². The molecule has 1 aromatic rings. The SMILES string of the molecule is COc1cccc(C(C)NCC(C)CO)c1. The smallest absolute Gasteiger partial charge is 0.119 e. The Kier molecular flexibility index (Phi) is 5.29. The van der Waals surface area contributed by atoms with E-state index < -0.39 is 0 Å². The molecule has 3 heteroatoms. The van der Waals surface area contributed by atoms with Crippen LogP contribution in [-0.4, -0.2) is 25.4 Å². The lowest BCUT2D eigenvalue weighted by Crippen LogP contribution is -2.26. The Morgan fingerprint density at radius 2 is 2.12 bits per heavy atom. The first-order valence-corrected chi connectivity index (χ1v) is 5.65. The van der Waals surface area contributed by atoms with Crippen LogP contribution in [0.25, 0.3) is 0 Å². The van der Waals surface area contributed by atoms with Gasteiger partial charge in [-0.3, -0.25) is 0 Å². The van der Waals surface area contributed by atoms with Crippen molar-refractivity contribution < 1.29 is 9.84 Å². The molecule has 0 aliphatic heterocycles. The highest BCUT2D eigenvalue weighted by atomic mass is 16.5. The molecule has 2 atom stereocenters. The molecule has 1 aromatic carbocycles. The zero-order valence-electron chi connectivity index (χ0n) is 10.2. The highest BCUT2D eigenvalue weighted by Crippen LogP contribution is 2.18. The van der Waals surface area contributed by atoms with E-state index in [1.54, 1.807) is 7.11 Å². The Balaban J connectivity index is 2.54. The number of benzene rings is 1. The van der Waals surface area contributed by atoms with E-state index in [0.29, 0.717) is 0 Å². The maximum Gasteiger partial charge on any atom is 0.119 e. The average Bonchev–Trinajstić information content (AvgIpc) is 2.35. The van der Waals surface area contributed by atoms with E-state index in [9.17, 15) is 0 Å². The molecular formula is C13H21NO2. The molecule has 90 valence electrons. The summed E-state index contributed by atoms with van der Waals surface area (Å²) in [6.45, 7) is 5.16. The van der Waals surface area contributed by atoms with Gasteiger partial charge in [0, 0.05) is 19.2 Å². The van der Waals surface area contributed by atoms with Crippen molar-refractivity contribution in [3.63, 3.8) is 0 Å². The molecule has 16 heavy (non-hydrogen) atoms. The third-order valence-corrected chi connectivity index (χ3v) is 2.68. The Bertz CT molecular complexity index is 315. The summed E-state index contributed by atoms with van der Waals surface area (Å²) >= 11 is 0. The second kappa shape index (κ2) is 6.51. The van der Waals surface area contributed by atoms with Crippen molar-refractivity contribution in [2.45, 2.75) is 19.9 Å². The summed E-state index contributed by atoms with van der Waals surface area (Å²) in [6, 6.07) is 8.29. The van der Waals surface area contributed by atoms with Crippen LogP contribution in [0.4, 0.5) is 0 Å². The van der Waals surface area contributed by atoms with Crippen molar-refractivity contribution in [2.24, 2.45) is 5.92 Å². The molecule has 2 N–H and O–H groups in total. The number of rotatable bonds is 6. The summed E-state index contributed by atoms with van der Waals surface area (Å²) < 4.78 is 5.18. The van der Waals surface area contributed by atoms with E-state index in [2.05, 4.69) is 18.3 Å². The summed E-state index contributed by atoms with van der Waals surface area (Å²) in [4.78, 5) is 0. The van der Waals surface area contributed by atoms with Gasteiger partial charge in [0.1, 0.15) is 5.75 Å². The van der Waals surface area contributed by atoms with Crippen molar-refractivity contribution in [3.8, 4) is 5.75 Å². The van der Waals surface area contributed by atoms with Gasteiger partial charge in [0.15, 0.2) is 0 Å². The van der Waals surface area contributed by atoms with Gasteiger partial charge in [0.2, 0.25) is 0 Å². The molecule has 0 spiro atoms. The predicted octanol–water partition coefficient (Wildman–Crippen LogP) is 1.97. The molecule has 0 aromatic heterocycles. The van der Waals surface area contributed by atoms with Crippen molar-refractivity contribution in [1.82, 2.24) is 5.32 Å². The van der Waals surface area contributed by atoms with Crippen LogP contribution in [-0.2, 0) is 0 Å². The number of methoxy groups -OCH3 is 1. The van der Waals surface area contributed by atoms with Gasteiger partial charge >= 0.3 is 0 Å². The minimum absolute atomic E-state index is 0.220. The van der Waals surface area contributed by atoms with Crippen molar-refractivity contribution in [1.29, 1.82) is 0 Å². The van der Waals surface area contributed by atoms with Crippen LogP contribution < -0.4 is 10.1 Å². The van der Waals surface area contributed by atoms with Crippen LogP contribution in [0.1, 0.15) is 25.5 Å². The maximum atomic E-state index is 8.94. The van der Waals surface area contributed by atoms with Crippen molar-refractivity contribution >= 4 is 0 Å². The Morgan fingerprint density at radius 1 is 1.38 bits per heavy atom. The number of hydrogen-bond donors (Lipinski definition) is 2. The van der Waals surface area contributed by atoms with Crippen molar-refractivity contribution in [3.05, 3.63) is 29.8 Å². The lowest BCUT2D eigenvalue weighted by atomic mass is 10.1. The number of ether oxygens (including phenoxy) is 1. The van der Waals surface area contributed by atoms with Crippen molar-refractivity contribution in [2.75, 3.05) is 20.3 Å². The predicted molar refractivity (Wildman–Crippen MR) is 65.7 cm³/mol. The van der Waals surface area contributed by atoms with Crippen LogP contribution in [0.5, 0.6) is 5.75 Å². The van der Waals surface area contributed by atoms with Gasteiger partial charge in [-0.05, 0) is 30.5 Å². The van der Waals surface area contributed by atoms with E-state index in [1.807, 2.05) is 25.1 Å². The van der Waals surface area contributed by atoms with Gasteiger partial charge in [-0.1, -0.05) is 19.1 Å². The second-order valence-corrected chi connectivity index (χ2v) is 4.19. The lowest BCUT2D eigenvalue weighted by Gasteiger charge is -2.17. The van der Waals surface area contributed by atoms with Crippen LogP contribution in [0.3, 0.4) is 0 Å². The summed E-state index contributed by atoms with van der Waals surface area (Å²) in [5.74, 6) is 1.16. The average molecular weight is 223 g/mol. The lowest BCUT2D eigenvalue weighted by molar-refractivity contribution is 0.231. The van der Waals surface area contributed by atoms with Gasteiger partial charge < -0.3 is 15.2 Å². The quantitative estimate of drug-likeness (QED) is 0.774. The molecule has 3 nitrogen and oxygen atoms in total. The maximum absolute atomic E-state index is 8.94. The molecule has 0 bridgehead atoms. The Labute approximate surface area is 97.4 Å². The molecule has 0 saturated carbocycles. The molecule has 0 fully saturated rings. The number of nitrogens with one attached hydrogen (secondary N) is 1. The fourth-order valence-corrected chi connectivity index (χ4v) is 1.47. The zero-order chi connectivity index (χ0) is 12.0. The molecule has 0 aliphatic carbocycles. The first kappa shape index (κ1) is 13.0. The van der Waals surface area contributed by atoms with Crippen LogP contribution >= 0.6 is 0 Å². The van der Waals surface area contributed by atoms with E-state index in [1.165, 1.54) is 5.56 Å². The summed E-state index contributed by atoms with van der Waals surface area (Å²) in [5.41, 5.74) is 1.20. The Morgan fingerprint density at radius 3 is 2.75 bits per heavy atom. The van der Waals surface area contributed by atoms with Crippen LogP contribution in [0.2, 0.25) is 0 Å². The molecule has 1 rings (SSSR count). The first-order chi connectivity index (χ1) is 7.67. The molecule has 0 heterocycles. The van der Waals surface area contributed by atoms with E-state index >= 15 is 0 Å². The molecule has 0 aliphatic rings. The standard InChI is InChI=1S/C13H21NO2/c1-10(9-15)8-14-11(2)12-5-4-6-13(7-12)16-3/h4-7,10-11,14-15H,8-9H2,1-3H3. The minimum Gasteiger partial charge on any atom is -0.497 e. The molecule has 2 unspecified atom stereocenters. The van der Waals surface area contributed by atoms with Gasteiger partial charge in [0.05, 0.1) is 7.11 Å². The highest BCUT2D eigenvalue weighted by molar-refractivity contribution is 5.30. The third-order valence-electron chi connectivity index (χ3n) is 2.68. The zero-order valence-corrected chi connectivity index (χ0v) is 10.2. The number of aliphatic hydroxyl groups is 1. The fraction of sp³-hybridized carbons (Fsp3) is 0.538. The molecule has 0 amide bonds. The van der Waals surface area contributed by atoms with Gasteiger partial charge in [-0.2, -0.15) is 0 Å². The van der Waals surface area contributed by atoms with E-state index in [0.717, 1.165) is 12.3 Å². The fourth-order valence-electron chi connectivity index (χ4n) is 1.47. The summed E-state index contributed by atoms with van der Waals surface area (Å²) in [5, 5.41) is 12.3. The molecule has 0 saturated heterocycles. The summed E-state index contributed by atoms with van der Waals surface area (Å²) in [6.07, 6.45) is 0. The van der Waals surface area contributed by atoms with Gasteiger partial charge in [-0.25, -0.2) is 0 Å². The highest BCUT2D eigenvalue weighted by Gasteiger charge is 2.07. The Hall–Kier alpha value is -1.06. The second-order valence-electron chi connectivity index (χ2n) is 4.19. The number of aliphatic hydroxyl groups excluding tert-OH is 1. The minimum atomic E-state index is 0.220. The molecular weight excluding hydrogens is 202 g/mol. The first-order valence-electron chi connectivity index (χ1n) is 5.65. The topological polar surface area (TPSA) is 41.5 Å². The normalized spacial score (nSPS) is 14.5. The van der Waals surface area contributed by atoms with Gasteiger partial charge in [-0.15, -0.1) is 0 Å². The largest absolute Gasteiger partial charge is 0.497 e. The van der Waals surface area contributed by atoms with Gasteiger partial charge in [0.25, 0.3) is 0 Å². The van der Waals surface area contributed by atoms with E-state index in [-0.39, 0.29) is 18.6 Å². The van der Waals surface area contributed by atoms with Crippen LogP contribution in [0.15, 0.2) is 24.3 Å². The number of hydrogen-bond acceptors (Lipinski definition) is 3. The summed E-state index contributed by atoms with van der Waals surface area (Å²) in [7, 11) is 1.67. The molecule has 0 radical (unpaired) electrons. The monoisotopic (exact) mass is 223 g/mol. The van der Waals surface area contributed by atoms with E-state index in [4.69, 9.17) is 9.84 Å². The third kappa shape index (κ3) is 3.83.